The van der Waals surface area contributed by atoms with Gasteiger partial charge in [0.05, 0.1) is 0 Å². The van der Waals surface area contributed by atoms with E-state index >= 15 is 0 Å². The van der Waals surface area contributed by atoms with E-state index in [4.69, 9.17) is 0 Å². The van der Waals surface area contributed by atoms with Crippen LogP contribution in [0.3, 0.4) is 0 Å². The monoisotopic (exact) mass is 193 g/mol. The van der Waals surface area contributed by atoms with E-state index in [0.717, 1.165) is 23.9 Å². The number of piperidine rings is 1. The molecule has 0 aromatic rings. The van der Waals surface area contributed by atoms with Gasteiger partial charge in [-0.15, -0.1) is 0 Å². The molecule has 0 N–H and O–H groups in total. The van der Waals surface area contributed by atoms with E-state index < -0.39 is 0 Å². The SMILES string of the molecule is CC(C)C1C[C@H]2CCC3(C)C[C@@H](C1)N23. The van der Waals surface area contributed by atoms with Crippen LogP contribution in [0.15, 0.2) is 0 Å². The molecule has 0 saturated carbocycles. The Kier molecular flexibility index (Phi) is 1.81. The number of nitrogens with zero attached hydrogens (tertiary/aromatic N) is 1. The van der Waals surface area contributed by atoms with Crippen molar-refractivity contribution >= 4 is 0 Å². The van der Waals surface area contributed by atoms with Crippen molar-refractivity contribution in [1.82, 2.24) is 4.90 Å². The van der Waals surface area contributed by atoms with Gasteiger partial charge in [0.25, 0.3) is 0 Å². The van der Waals surface area contributed by atoms with E-state index in [1.165, 1.54) is 32.1 Å². The van der Waals surface area contributed by atoms with Crippen LogP contribution >= 0.6 is 0 Å². The van der Waals surface area contributed by atoms with Crippen molar-refractivity contribution in [3.05, 3.63) is 0 Å². The van der Waals surface area contributed by atoms with E-state index in [1.807, 2.05) is 0 Å². The molecule has 1 nitrogen and oxygen atoms in total. The minimum atomic E-state index is 0.636. The molecule has 3 rings (SSSR count). The standard InChI is InChI=1S/C13H23N/c1-9(2)10-6-11-4-5-13(3)8-12(7-10)14(11)13/h9-12H,4-8H2,1-3H3/t10?,11-,12-,13?/m1/s1. The zero-order valence-corrected chi connectivity index (χ0v) is 9.79. The van der Waals surface area contributed by atoms with E-state index in [1.54, 1.807) is 0 Å². The summed E-state index contributed by atoms with van der Waals surface area (Å²) in [5.41, 5.74) is 0.636. The van der Waals surface area contributed by atoms with Crippen LogP contribution in [0, 0.1) is 11.8 Å². The number of rotatable bonds is 1. The van der Waals surface area contributed by atoms with Gasteiger partial charge >= 0.3 is 0 Å². The summed E-state index contributed by atoms with van der Waals surface area (Å²) >= 11 is 0. The smallest absolute Gasteiger partial charge is 0.0202 e. The molecule has 0 aliphatic carbocycles. The van der Waals surface area contributed by atoms with Gasteiger partial charge in [0, 0.05) is 17.6 Å². The molecule has 3 heterocycles. The largest absolute Gasteiger partial charge is 0.292 e. The van der Waals surface area contributed by atoms with Crippen LogP contribution < -0.4 is 0 Å². The Bertz CT molecular complexity index is 248. The molecule has 3 fully saturated rings. The van der Waals surface area contributed by atoms with Gasteiger partial charge < -0.3 is 0 Å². The van der Waals surface area contributed by atoms with Crippen LogP contribution in [-0.4, -0.2) is 22.5 Å². The number of hydrogen-bond donors (Lipinski definition) is 0. The van der Waals surface area contributed by atoms with Crippen LogP contribution in [0.1, 0.15) is 52.9 Å². The summed E-state index contributed by atoms with van der Waals surface area (Å²) in [6.45, 7) is 7.31. The first kappa shape index (κ1) is 9.21. The van der Waals surface area contributed by atoms with Crippen LogP contribution in [0.2, 0.25) is 0 Å². The maximum atomic E-state index is 2.87. The lowest BCUT2D eigenvalue weighted by molar-refractivity contribution is -0.0972. The van der Waals surface area contributed by atoms with Gasteiger partial charge in [-0.05, 0) is 50.9 Å². The molecule has 14 heavy (non-hydrogen) atoms. The quantitative estimate of drug-likeness (QED) is 0.618. The predicted molar refractivity (Wildman–Crippen MR) is 59.2 cm³/mol. The van der Waals surface area contributed by atoms with Crippen LogP contribution in [0.4, 0.5) is 0 Å². The average molecular weight is 193 g/mol. The topological polar surface area (TPSA) is 3.24 Å². The molecule has 0 aromatic heterocycles. The van der Waals surface area contributed by atoms with Crippen molar-refractivity contribution in [2.24, 2.45) is 11.8 Å². The maximum absolute atomic E-state index is 2.87. The second-order valence-electron chi connectivity index (χ2n) is 6.43. The molecular weight excluding hydrogens is 170 g/mol. The minimum absolute atomic E-state index is 0.636. The van der Waals surface area contributed by atoms with Crippen molar-refractivity contribution < 1.29 is 0 Å². The molecule has 2 unspecified atom stereocenters. The highest BCUT2D eigenvalue weighted by Gasteiger charge is 2.57. The Balaban J connectivity index is 1.77. The zero-order valence-electron chi connectivity index (χ0n) is 9.79. The van der Waals surface area contributed by atoms with Crippen molar-refractivity contribution in [3.8, 4) is 0 Å². The minimum Gasteiger partial charge on any atom is -0.292 e. The molecule has 3 aliphatic heterocycles. The Morgan fingerprint density at radius 1 is 1.21 bits per heavy atom. The molecule has 0 amide bonds. The first-order chi connectivity index (χ1) is 6.60. The predicted octanol–water partition coefficient (Wildman–Crippen LogP) is 3.05. The molecule has 0 bridgehead atoms. The van der Waals surface area contributed by atoms with Gasteiger partial charge in [-0.25, -0.2) is 0 Å². The van der Waals surface area contributed by atoms with Crippen LogP contribution in [0.5, 0.6) is 0 Å². The second-order valence-corrected chi connectivity index (χ2v) is 6.43. The van der Waals surface area contributed by atoms with Crippen molar-refractivity contribution in [3.63, 3.8) is 0 Å². The molecular formula is C13H23N. The van der Waals surface area contributed by atoms with E-state index in [0.29, 0.717) is 5.54 Å². The van der Waals surface area contributed by atoms with Gasteiger partial charge in [-0.3, -0.25) is 4.90 Å². The molecule has 0 radical (unpaired) electrons. The first-order valence-corrected chi connectivity index (χ1v) is 6.38. The van der Waals surface area contributed by atoms with Gasteiger partial charge in [0.1, 0.15) is 0 Å². The highest BCUT2D eigenvalue weighted by Crippen LogP contribution is 2.54. The summed E-state index contributed by atoms with van der Waals surface area (Å²) in [5.74, 6) is 1.92. The lowest BCUT2D eigenvalue weighted by Crippen LogP contribution is -2.66. The summed E-state index contributed by atoms with van der Waals surface area (Å²) in [4.78, 5) is 2.87. The Morgan fingerprint density at radius 3 is 2.64 bits per heavy atom. The molecule has 3 aliphatic rings. The normalized spacial score (nSPS) is 51.9. The van der Waals surface area contributed by atoms with Crippen molar-refractivity contribution in [1.29, 1.82) is 0 Å². The summed E-state index contributed by atoms with van der Waals surface area (Å²) in [6.07, 6.45) is 7.43. The van der Waals surface area contributed by atoms with E-state index in [9.17, 15) is 0 Å². The summed E-state index contributed by atoms with van der Waals surface area (Å²) < 4.78 is 0. The van der Waals surface area contributed by atoms with Crippen molar-refractivity contribution in [2.75, 3.05) is 0 Å². The highest BCUT2D eigenvalue weighted by atomic mass is 15.3. The highest BCUT2D eigenvalue weighted by molar-refractivity contribution is 5.13. The fourth-order valence-electron chi connectivity index (χ4n) is 4.39. The maximum Gasteiger partial charge on any atom is 0.0202 e. The summed E-state index contributed by atoms with van der Waals surface area (Å²) in [6, 6.07) is 1.92. The Hall–Kier alpha value is -0.0400. The fraction of sp³-hybridized carbons (Fsp3) is 1.00. The molecule has 80 valence electrons. The van der Waals surface area contributed by atoms with Crippen LogP contribution in [0.25, 0.3) is 0 Å². The van der Waals surface area contributed by atoms with Crippen molar-refractivity contribution in [2.45, 2.75) is 70.5 Å². The summed E-state index contributed by atoms with van der Waals surface area (Å²) in [7, 11) is 0. The molecule has 1 heteroatoms. The fourth-order valence-corrected chi connectivity index (χ4v) is 4.39. The van der Waals surface area contributed by atoms with Gasteiger partial charge in [0.15, 0.2) is 0 Å². The van der Waals surface area contributed by atoms with Crippen LogP contribution in [-0.2, 0) is 0 Å². The third kappa shape index (κ3) is 1.05. The average Bonchev–Trinajstić information content (AvgIpc) is 2.39. The van der Waals surface area contributed by atoms with Gasteiger partial charge in [-0.1, -0.05) is 13.8 Å². The first-order valence-electron chi connectivity index (χ1n) is 6.38. The van der Waals surface area contributed by atoms with E-state index in [-0.39, 0.29) is 0 Å². The number of hydrogen-bond acceptors (Lipinski definition) is 1. The zero-order chi connectivity index (χ0) is 9.92. The lowest BCUT2D eigenvalue weighted by Gasteiger charge is -2.59. The van der Waals surface area contributed by atoms with Gasteiger partial charge in [-0.2, -0.15) is 0 Å². The summed E-state index contributed by atoms with van der Waals surface area (Å²) in [5, 5.41) is 0. The third-order valence-electron chi connectivity index (χ3n) is 5.19. The van der Waals surface area contributed by atoms with Gasteiger partial charge in [0.2, 0.25) is 0 Å². The molecule has 3 saturated heterocycles. The lowest BCUT2D eigenvalue weighted by atomic mass is 9.71. The second kappa shape index (κ2) is 2.75. The van der Waals surface area contributed by atoms with E-state index in [2.05, 4.69) is 25.7 Å². The molecule has 0 spiro atoms. The Labute approximate surface area is 87.9 Å². The Morgan fingerprint density at radius 2 is 1.93 bits per heavy atom. The molecule has 0 aromatic carbocycles. The molecule has 4 atom stereocenters. The third-order valence-corrected chi connectivity index (χ3v) is 5.19.